The van der Waals surface area contributed by atoms with Gasteiger partial charge in [-0.1, -0.05) is 30.3 Å². The van der Waals surface area contributed by atoms with Crippen LogP contribution in [0.1, 0.15) is 19.4 Å². The summed E-state index contributed by atoms with van der Waals surface area (Å²) < 4.78 is 4.99. The normalized spacial score (nSPS) is 12.1. The minimum Gasteiger partial charge on any atom is -0.464 e. The van der Waals surface area contributed by atoms with Crippen molar-refractivity contribution in [2.24, 2.45) is 5.73 Å². The molecule has 0 spiro atoms. The van der Waals surface area contributed by atoms with Crippen LogP contribution >= 0.6 is 0 Å². The van der Waals surface area contributed by atoms with E-state index in [0.717, 1.165) is 5.56 Å². The van der Waals surface area contributed by atoms with E-state index in [-0.39, 0.29) is 11.6 Å². The number of hydrogen-bond donors (Lipinski definition) is 5. The molecule has 0 radical (unpaired) electrons. The van der Waals surface area contributed by atoms with Crippen LogP contribution in [-0.4, -0.2) is 58.7 Å². The second-order valence-corrected chi connectivity index (χ2v) is 5.97. The topological polar surface area (TPSA) is 180 Å². The first-order valence-corrected chi connectivity index (χ1v) is 8.47. The average Bonchev–Trinajstić information content (AvgIpc) is 2.65. The summed E-state index contributed by atoms with van der Waals surface area (Å²) in [6.45, 7) is 1.93. The summed E-state index contributed by atoms with van der Waals surface area (Å²) in [4.78, 5) is 57.6. The number of rotatable bonds is 8. The predicted octanol–water partition coefficient (Wildman–Crippen LogP) is -0.697. The van der Waals surface area contributed by atoms with Crippen molar-refractivity contribution in [2.45, 2.75) is 32.5 Å². The Morgan fingerprint density at radius 3 is 2.17 bits per heavy atom. The molecule has 5 amide bonds. The molecule has 1 aromatic rings. The third-order valence-corrected chi connectivity index (χ3v) is 3.48. The number of hydrogen-bond acceptors (Lipinski definition) is 6. The number of hydrazine groups is 1. The molecule has 2 atom stereocenters. The summed E-state index contributed by atoms with van der Waals surface area (Å²) in [5.41, 5.74) is 7.60. The Hall–Kier alpha value is -3.83. The lowest BCUT2D eigenvalue weighted by Gasteiger charge is -2.22. The maximum atomic E-state index is 12.1. The number of ether oxygens (including phenoxy) is 1. The Morgan fingerprint density at radius 1 is 1.03 bits per heavy atom. The molecule has 0 bridgehead atoms. The third-order valence-electron chi connectivity index (χ3n) is 3.48. The number of carbonyl (C=O) groups is 5. The first-order valence-electron chi connectivity index (χ1n) is 8.47. The van der Waals surface area contributed by atoms with Gasteiger partial charge in [0.05, 0.1) is 0 Å². The molecule has 0 aliphatic carbocycles. The van der Waals surface area contributed by atoms with Gasteiger partial charge in [0.2, 0.25) is 11.8 Å². The fraction of sp³-hybridized carbons (Fsp3) is 0.353. The smallest absolute Gasteiger partial charge is 0.426 e. The lowest BCUT2D eigenvalue weighted by atomic mass is 10.2. The molecular weight excluding hydrogens is 386 g/mol. The van der Waals surface area contributed by atoms with Crippen LogP contribution in [0.3, 0.4) is 0 Å². The zero-order valence-electron chi connectivity index (χ0n) is 15.9. The van der Waals surface area contributed by atoms with Gasteiger partial charge >= 0.3 is 12.2 Å². The van der Waals surface area contributed by atoms with Crippen molar-refractivity contribution in [3.05, 3.63) is 35.9 Å². The molecule has 29 heavy (non-hydrogen) atoms. The minimum absolute atomic E-state index is 0.0186. The molecule has 158 valence electrons. The molecule has 6 N–H and O–H groups in total. The zero-order chi connectivity index (χ0) is 22.0. The quantitative estimate of drug-likeness (QED) is 0.352. The van der Waals surface area contributed by atoms with Gasteiger partial charge in [0.25, 0.3) is 5.91 Å². The fourth-order valence-corrected chi connectivity index (χ4v) is 1.95. The fourth-order valence-electron chi connectivity index (χ4n) is 1.95. The third kappa shape index (κ3) is 8.60. The maximum absolute atomic E-state index is 12.1. The highest BCUT2D eigenvalue weighted by molar-refractivity contribution is 5.91. The number of primary amides is 1. The highest BCUT2D eigenvalue weighted by Gasteiger charge is 2.24. The average molecular weight is 409 g/mol. The molecule has 1 aromatic carbocycles. The number of nitrogens with one attached hydrogen (secondary N) is 3. The van der Waals surface area contributed by atoms with Crippen LogP contribution in [0.5, 0.6) is 0 Å². The van der Waals surface area contributed by atoms with E-state index >= 15 is 0 Å². The maximum Gasteiger partial charge on any atom is 0.426 e. The molecule has 0 saturated heterocycles. The number of carboxylic acid groups (broad SMARTS) is 1. The molecule has 1 rings (SSSR count). The van der Waals surface area contributed by atoms with Crippen LogP contribution in [0.4, 0.5) is 9.59 Å². The van der Waals surface area contributed by atoms with Crippen molar-refractivity contribution in [1.82, 2.24) is 21.1 Å². The Kier molecular flexibility index (Phi) is 8.89. The number of carbonyl (C=O) groups excluding carboxylic acids is 4. The molecule has 12 nitrogen and oxygen atoms in total. The summed E-state index contributed by atoms with van der Waals surface area (Å²) in [5.74, 6) is -2.59. The summed E-state index contributed by atoms with van der Waals surface area (Å²) in [6, 6.07) is 6.72. The molecular formula is C17H23N5O7. The SMILES string of the molecule is C[C@H](NC(=O)OCc1ccccc1)C(=O)N[C@@H](C)C(=O)NN(CC(N)=O)C(=O)O. The first-order chi connectivity index (χ1) is 13.6. The van der Waals surface area contributed by atoms with E-state index in [1.54, 1.807) is 24.3 Å². The van der Waals surface area contributed by atoms with Gasteiger partial charge in [-0.3, -0.25) is 19.8 Å². The zero-order valence-corrected chi connectivity index (χ0v) is 15.9. The Labute approximate surface area is 166 Å². The van der Waals surface area contributed by atoms with Gasteiger partial charge in [0.1, 0.15) is 25.2 Å². The van der Waals surface area contributed by atoms with E-state index in [0.29, 0.717) is 0 Å². The molecule has 0 unspecified atom stereocenters. The number of alkyl carbamates (subject to hydrolysis) is 1. The summed E-state index contributed by atoms with van der Waals surface area (Å²) in [7, 11) is 0. The van der Waals surface area contributed by atoms with Gasteiger partial charge in [0, 0.05) is 0 Å². The second kappa shape index (κ2) is 11.1. The van der Waals surface area contributed by atoms with Gasteiger partial charge in [0.15, 0.2) is 0 Å². The van der Waals surface area contributed by atoms with Crippen LogP contribution < -0.4 is 21.8 Å². The lowest BCUT2D eigenvalue weighted by molar-refractivity contribution is -0.132. The van der Waals surface area contributed by atoms with Crippen LogP contribution in [0, 0.1) is 0 Å². The van der Waals surface area contributed by atoms with Crippen LogP contribution in [0.25, 0.3) is 0 Å². The number of benzene rings is 1. The standard InChI is InChI=1S/C17H23N5O7/c1-10(20-16(26)29-9-12-6-4-3-5-7-12)14(24)19-11(2)15(25)21-22(17(27)28)8-13(18)23/h3-7,10-11H,8-9H2,1-2H3,(H2,18,23)(H,19,24)(H,20,26)(H,21,25)(H,27,28)/t10-,11-/m0/s1. The lowest BCUT2D eigenvalue weighted by Crippen LogP contribution is -2.56. The number of amides is 5. The molecule has 12 heteroatoms. The van der Waals surface area contributed by atoms with Gasteiger partial charge in [-0.2, -0.15) is 0 Å². The van der Waals surface area contributed by atoms with E-state index in [1.807, 2.05) is 11.5 Å². The van der Waals surface area contributed by atoms with E-state index in [4.69, 9.17) is 15.6 Å². The van der Waals surface area contributed by atoms with Crippen LogP contribution in [0.2, 0.25) is 0 Å². The van der Waals surface area contributed by atoms with Crippen molar-refractivity contribution in [3.8, 4) is 0 Å². The molecule has 0 saturated carbocycles. The molecule has 0 aliphatic heterocycles. The van der Waals surface area contributed by atoms with Crippen molar-refractivity contribution < 1.29 is 33.8 Å². The molecule has 0 fully saturated rings. The van der Waals surface area contributed by atoms with Gasteiger partial charge < -0.3 is 26.2 Å². The van der Waals surface area contributed by atoms with E-state index < -0.39 is 48.5 Å². The first kappa shape index (κ1) is 23.2. The predicted molar refractivity (Wildman–Crippen MR) is 98.9 cm³/mol. The molecule has 0 aliphatic rings. The second-order valence-electron chi connectivity index (χ2n) is 5.97. The van der Waals surface area contributed by atoms with Crippen molar-refractivity contribution in [3.63, 3.8) is 0 Å². The van der Waals surface area contributed by atoms with E-state index in [1.165, 1.54) is 13.8 Å². The van der Waals surface area contributed by atoms with Gasteiger partial charge in [-0.05, 0) is 19.4 Å². The van der Waals surface area contributed by atoms with Gasteiger partial charge in [-0.15, -0.1) is 0 Å². The summed E-state index contributed by atoms with van der Waals surface area (Å²) in [5, 5.41) is 13.8. The largest absolute Gasteiger partial charge is 0.464 e. The summed E-state index contributed by atoms with van der Waals surface area (Å²) in [6.07, 6.45) is -2.43. The highest BCUT2D eigenvalue weighted by Crippen LogP contribution is 2.01. The number of nitrogens with zero attached hydrogens (tertiary/aromatic N) is 1. The molecule has 0 aromatic heterocycles. The Morgan fingerprint density at radius 2 is 1.62 bits per heavy atom. The van der Waals surface area contributed by atoms with E-state index in [2.05, 4.69) is 10.6 Å². The van der Waals surface area contributed by atoms with E-state index in [9.17, 15) is 24.0 Å². The van der Waals surface area contributed by atoms with Crippen molar-refractivity contribution in [1.29, 1.82) is 0 Å². The summed E-state index contributed by atoms with van der Waals surface area (Å²) >= 11 is 0. The van der Waals surface area contributed by atoms with Crippen LogP contribution in [0.15, 0.2) is 30.3 Å². The highest BCUT2D eigenvalue weighted by atomic mass is 16.5. The van der Waals surface area contributed by atoms with Crippen molar-refractivity contribution >= 4 is 29.9 Å². The van der Waals surface area contributed by atoms with Gasteiger partial charge in [-0.25, -0.2) is 14.6 Å². The Balaban J connectivity index is 2.47. The minimum atomic E-state index is -1.60. The Bertz CT molecular complexity index is 756. The van der Waals surface area contributed by atoms with Crippen molar-refractivity contribution in [2.75, 3.05) is 6.54 Å². The monoisotopic (exact) mass is 409 g/mol. The van der Waals surface area contributed by atoms with Crippen LogP contribution in [-0.2, 0) is 25.7 Å². The molecule has 0 heterocycles. The number of nitrogens with two attached hydrogens (primary N) is 1.